The molecule has 0 atom stereocenters. The first-order valence-corrected chi connectivity index (χ1v) is 11.7. The smallest absolute Gasteiger partial charge is 0.258 e. The molecule has 3 aromatic heterocycles. The summed E-state index contributed by atoms with van der Waals surface area (Å²) < 4.78 is 2.07. The number of nitrogens with zero attached hydrogens (tertiary/aromatic N) is 5. The van der Waals surface area contributed by atoms with E-state index in [1.54, 1.807) is 18.5 Å². The van der Waals surface area contributed by atoms with Gasteiger partial charge in [-0.05, 0) is 41.8 Å². The SMILES string of the molecule is CC(C)c1ccccc1-n1c(SCc2nc3ccccc3c(=O)[nH]2)nnc1-c1cccnc1. The fourth-order valence-electron chi connectivity index (χ4n) is 3.78. The van der Waals surface area contributed by atoms with Gasteiger partial charge in [0.15, 0.2) is 11.0 Å². The summed E-state index contributed by atoms with van der Waals surface area (Å²) in [7, 11) is 0. The van der Waals surface area contributed by atoms with Crippen LogP contribution < -0.4 is 5.56 Å². The number of pyridine rings is 1. The second-order valence-electron chi connectivity index (χ2n) is 7.92. The Hall–Kier alpha value is -3.78. The third kappa shape index (κ3) is 4.17. The molecule has 0 aliphatic rings. The average molecular weight is 455 g/mol. The Balaban J connectivity index is 1.58. The van der Waals surface area contributed by atoms with Crippen molar-refractivity contribution in [1.29, 1.82) is 0 Å². The largest absolute Gasteiger partial charge is 0.309 e. The summed E-state index contributed by atoms with van der Waals surface area (Å²) in [5.74, 6) is 2.09. The molecule has 164 valence electrons. The van der Waals surface area contributed by atoms with Gasteiger partial charge in [0.25, 0.3) is 5.56 Å². The van der Waals surface area contributed by atoms with Crippen LogP contribution in [0.15, 0.2) is 83.0 Å². The van der Waals surface area contributed by atoms with Crippen molar-refractivity contribution < 1.29 is 0 Å². The van der Waals surface area contributed by atoms with E-state index in [1.807, 2.05) is 42.5 Å². The number of aromatic nitrogens is 6. The number of thioether (sulfide) groups is 1. The highest BCUT2D eigenvalue weighted by Crippen LogP contribution is 2.32. The second-order valence-corrected chi connectivity index (χ2v) is 8.86. The lowest BCUT2D eigenvalue weighted by Gasteiger charge is -2.16. The third-order valence-corrected chi connectivity index (χ3v) is 6.29. The zero-order valence-corrected chi connectivity index (χ0v) is 19.1. The van der Waals surface area contributed by atoms with Crippen molar-refractivity contribution in [3.05, 3.63) is 94.8 Å². The van der Waals surface area contributed by atoms with E-state index in [0.717, 1.165) is 22.2 Å². The van der Waals surface area contributed by atoms with Gasteiger partial charge < -0.3 is 4.98 Å². The minimum atomic E-state index is -0.140. The van der Waals surface area contributed by atoms with Gasteiger partial charge in [-0.15, -0.1) is 10.2 Å². The topological polar surface area (TPSA) is 89.4 Å². The molecule has 0 radical (unpaired) electrons. The molecule has 0 saturated heterocycles. The van der Waals surface area contributed by atoms with E-state index in [1.165, 1.54) is 17.3 Å². The monoisotopic (exact) mass is 454 g/mol. The minimum Gasteiger partial charge on any atom is -0.309 e. The number of para-hydroxylation sites is 2. The molecule has 0 spiro atoms. The van der Waals surface area contributed by atoms with Crippen molar-refractivity contribution in [2.75, 3.05) is 0 Å². The van der Waals surface area contributed by atoms with Gasteiger partial charge in [-0.2, -0.15) is 0 Å². The Morgan fingerprint density at radius 2 is 1.82 bits per heavy atom. The van der Waals surface area contributed by atoms with Crippen molar-refractivity contribution in [2.45, 2.75) is 30.7 Å². The summed E-state index contributed by atoms with van der Waals surface area (Å²) in [5, 5.41) is 10.3. The van der Waals surface area contributed by atoms with E-state index in [-0.39, 0.29) is 5.56 Å². The van der Waals surface area contributed by atoms with Crippen molar-refractivity contribution >= 4 is 22.7 Å². The van der Waals surface area contributed by atoms with E-state index in [9.17, 15) is 4.79 Å². The Kier molecular flexibility index (Phi) is 5.75. The summed E-state index contributed by atoms with van der Waals surface area (Å²) >= 11 is 1.48. The van der Waals surface area contributed by atoms with Gasteiger partial charge in [-0.3, -0.25) is 14.3 Å². The van der Waals surface area contributed by atoms with Crippen LogP contribution in [0.2, 0.25) is 0 Å². The van der Waals surface area contributed by atoms with Crippen molar-refractivity contribution in [3.63, 3.8) is 0 Å². The number of H-pyrrole nitrogens is 1. The number of fused-ring (bicyclic) bond motifs is 1. The molecule has 1 N–H and O–H groups in total. The normalized spacial score (nSPS) is 11.4. The molecule has 7 nitrogen and oxygen atoms in total. The average Bonchev–Trinajstić information content (AvgIpc) is 3.27. The van der Waals surface area contributed by atoms with Crippen molar-refractivity contribution in [3.8, 4) is 17.1 Å². The van der Waals surface area contributed by atoms with Gasteiger partial charge in [-0.25, -0.2) is 4.98 Å². The predicted molar refractivity (Wildman–Crippen MR) is 131 cm³/mol. The number of nitrogens with one attached hydrogen (secondary N) is 1. The fraction of sp³-hybridized carbons (Fsp3) is 0.160. The summed E-state index contributed by atoms with van der Waals surface area (Å²) in [6, 6.07) is 19.5. The van der Waals surface area contributed by atoms with Gasteiger partial charge in [0, 0.05) is 18.0 Å². The van der Waals surface area contributed by atoms with Gasteiger partial charge in [0.05, 0.1) is 22.3 Å². The molecule has 0 amide bonds. The van der Waals surface area contributed by atoms with Crippen LogP contribution >= 0.6 is 11.8 Å². The first kappa shape index (κ1) is 21.1. The molecule has 5 rings (SSSR count). The summed E-state index contributed by atoms with van der Waals surface area (Å²) in [6.45, 7) is 4.34. The Morgan fingerprint density at radius 3 is 2.64 bits per heavy atom. The fourth-order valence-corrected chi connectivity index (χ4v) is 4.59. The first-order valence-electron chi connectivity index (χ1n) is 10.7. The van der Waals surface area contributed by atoms with E-state index in [4.69, 9.17) is 0 Å². The standard InChI is InChI=1S/C25H22N6OS/c1-16(2)18-9-4-6-12-21(18)31-23(17-8-7-13-26-14-17)29-30-25(31)33-15-22-27-20-11-5-3-10-19(20)24(32)28-22/h3-14,16H,15H2,1-2H3,(H,27,28,32). The molecule has 8 heteroatoms. The highest BCUT2D eigenvalue weighted by Gasteiger charge is 2.20. The van der Waals surface area contributed by atoms with Crippen LogP contribution in [-0.4, -0.2) is 29.7 Å². The van der Waals surface area contributed by atoms with Crippen LogP contribution in [0, 0.1) is 0 Å². The summed E-state index contributed by atoms with van der Waals surface area (Å²) in [5.41, 5.74) is 3.64. The number of hydrogen-bond donors (Lipinski definition) is 1. The zero-order chi connectivity index (χ0) is 22.8. The number of aromatic amines is 1. The van der Waals surface area contributed by atoms with Crippen LogP contribution in [0.3, 0.4) is 0 Å². The molecule has 0 aliphatic heterocycles. The molecule has 2 aromatic carbocycles. The number of rotatable bonds is 6. The summed E-state index contributed by atoms with van der Waals surface area (Å²) in [6.07, 6.45) is 3.53. The molecule has 3 heterocycles. The molecule has 0 saturated carbocycles. The highest BCUT2D eigenvalue weighted by atomic mass is 32.2. The quantitative estimate of drug-likeness (QED) is 0.364. The molecule has 33 heavy (non-hydrogen) atoms. The highest BCUT2D eigenvalue weighted by molar-refractivity contribution is 7.98. The van der Waals surface area contributed by atoms with Gasteiger partial charge in [0.2, 0.25) is 0 Å². The maximum atomic E-state index is 12.5. The Labute approximate surface area is 195 Å². The molecule has 0 aliphatic carbocycles. The van der Waals surface area contributed by atoms with Gasteiger partial charge in [0.1, 0.15) is 5.82 Å². The van der Waals surface area contributed by atoms with Gasteiger partial charge >= 0.3 is 0 Å². The van der Waals surface area contributed by atoms with Crippen molar-refractivity contribution in [2.24, 2.45) is 0 Å². The zero-order valence-electron chi connectivity index (χ0n) is 18.3. The minimum absolute atomic E-state index is 0.140. The molecular weight excluding hydrogens is 432 g/mol. The lowest BCUT2D eigenvalue weighted by Crippen LogP contribution is -2.11. The maximum absolute atomic E-state index is 12.5. The van der Waals surface area contributed by atoms with Crippen LogP contribution in [0.5, 0.6) is 0 Å². The first-order chi connectivity index (χ1) is 16.1. The summed E-state index contributed by atoms with van der Waals surface area (Å²) in [4.78, 5) is 24.2. The van der Waals surface area contributed by atoms with Crippen LogP contribution in [-0.2, 0) is 5.75 Å². The third-order valence-electron chi connectivity index (χ3n) is 5.35. The van der Waals surface area contributed by atoms with Gasteiger partial charge in [-0.1, -0.05) is 55.9 Å². The Morgan fingerprint density at radius 1 is 1.00 bits per heavy atom. The van der Waals surface area contributed by atoms with Crippen LogP contribution in [0.4, 0.5) is 0 Å². The van der Waals surface area contributed by atoms with E-state index < -0.39 is 0 Å². The lowest BCUT2D eigenvalue weighted by atomic mass is 10.0. The molecule has 0 bridgehead atoms. The van der Waals surface area contributed by atoms with E-state index >= 15 is 0 Å². The molecule has 0 unspecified atom stereocenters. The molecule has 0 fully saturated rings. The van der Waals surface area contributed by atoms with Crippen molar-refractivity contribution in [1.82, 2.24) is 29.7 Å². The van der Waals surface area contributed by atoms with Crippen LogP contribution in [0.25, 0.3) is 28.0 Å². The van der Waals surface area contributed by atoms with E-state index in [2.05, 4.69) is 55.7 Å². The number of hydrogen-bond acceptors (Lipinski definition) is 6. The molecular formula is C25H22N6OS. The second kappa shape index (κ2) is 8.99. The predicted octanol–water partition coefficient (Wildman–Crippen LogP) is 4.98. The lowest BCUT2D eigenvalue weighted by molar-refractivity contribution is 0.818. The van der Waals surface area contributed by atoms with Crippen LogP contribution in [0.1, 0.15) is 31.2 Å². The van der Waals surface area contributed by atoms with E-state index in [0.29, 0.717) is 28.4 Å². The maximum Gasteiger partial charge on any atom is 0.258 e. The Bertz CT molecular complexity index is 1480. The number of benzene rings is 2. The molecule has 5 aromatic rings.